The van der Waals surface area contributed by atoms with E-state index in [2.05, 4.69) is 6.92 Å². The van der Waals surface area contributed by atoms with E-state index in [0.717, 1.165) is 24.0 Å². The highest BCUT2D eigenvalue weighted by molar-refractivity contribution is 5.99. The van der Waals surface area contributed by atoms with Crippen LogP contribution in [0.3, 0.4) is 0 Å². The van der Waals surface area contributed by atoms with E-state index in [1.165, 1.54) is 13.8 Å². The summed E-state index contributed by atoms with van der Waals surface area (Å²) in [5.41, 5.74) is 1.69. The highest BCUT2D eigenvalue weighted by Gasteiger charge is 2.49. The van der Waals surface area contributed by atoms with Crippen molar-refractivity contribution in [3.8, 4) is 0 Å². The number of carbonyl (C=O) groups excluding carboxylic acids is 3. The average Bonchev–Trinajstić information content (AvgIpc) is 2.83. The van der Waals surface area contributed by atoms with Crippen molar-refractivity contribution in [3.63, 3.8) is 0 Å². The SMILES string of the molecule is CCCCC1=C2[C@H](CC1=O)C[C@H](OC(C)=O)[C@H]2OC(C)=O. The highest BCUT2D eigenvalue weighted by atomic mass is 16.6. The van der Waals surface area contributed by atoms with Crippen molar-refractivity contribution in [2.45, 2.75) is 65.1 Å². The molecule has 1 fully saturated rings. The lowest BCUT2D eigenvalue weighted by molar-refractivity contribution is -0.160. The Hall–Kier alpha value is -1.65. The molecule has 0 aliphatic heterocycles. The summed E-state index contributed by atoms with van der Waals surface area (Å²) in [4.78, 5) is 34.7. The van der Waals surface area contributed by atoms with Gasteiger partial charge in [0.2, 0.25) is 0 Å². The fraction of sp³-hybridized carbons (Fsp3) is 0.688. The normalized spacial score (nSPS) is 27.8. The molecule has 0 bridgehead atoms. The lowest BCUT2D eigenvalue weighted by Gasteiger charge is -2.21. The number of esters is 2. The molecule has 0 unspecified atom stereocenters. The van der Waals surface area contributed by atoms with Crippen molar-refractivity contribution >= 4 is 17.7 Å². The van der Waals surface area contributed by atoms with Crippen LogP contribution in [0, 0.1) is 5.92 Å². The van der Waals surface area contributed by atoms with Gasteiger partial charge in [-0.1, -0.05) is 13.3 Å². The second kappa shape index (κ2) is 6.41. The number of allylic oxidation sites excluding steroid dienone is 1. The van der Waals surface area contributed by atoms with Gasteiger partial charge in [-0.3, -0.25) is 14.4 Å². The first-order chi connectivity index (χ1) is 9.93. The van der Waals surface area contributed by atoms with Gasteiger partial charge < -0.3 is 9.47 Å². The number of unbranched alkanes of at least 4 members (excludes halogenated alkanes) is 1. The zero-order valence-corrected chi connectivity index (χ0v) is 12.8. The number of rotatable bonds is 5. The third-order valence-corrected chi connectivity index (χ3v) is 4.11. The molecule has 2 aliphatic carbocycles. The molecule has 1 saturated carbocycles. The third kappa shape index (κ3) is 3.34. The van der Waals surface area contributed by atoms with Gasteiger partial charge in [0.25, 0.3) is 0 Å². The lowest BCUT2D eigenvalue weighted by atomic mass is 10.0. The van der Waals surface area contributed by atoms with E-state index >= 15 is 0 Å². The van der Waals surface area contributed by atoms with Crippen molar-refractivity contribution in [1.82, 2.24) is 0 Å². The van der Waals surface area contributed by atoms with Crippen LogP contribution in [0.4, 0.5) is 0 Å². The summed E-state index contributed by atoms with van der Waals surface area (Å²) in [5, 5.41) is 0. The van der Waals surface area contributed by atoms with E-state index in [1.807, 2.05) is 0 Å². The Kier molecular flexibility index (Phi) is 4.80. The minimum atomic E-state index is -0.588. The summed E-state index contributed by atoms with van der Waals surface area (Å²) in [5.74, 6) is -0.599. The Morgan fingerprint density at radius 1 is 1.19 bits per heavy atom. The second-order valence-corrected chi connectivity index (χ2v) is 5.78. The summed E-state index contributed by atoms with van der Waals surface area (Å²) in [7, 11) is 0. The Morgan fingerprint density at radius 3 is 2.43 bits per heavy atom. The summed E-state index contributed by atoms with van der Waals surface area (Å²) in [6.07, 6.45) is 2.61. The topological polar surface area (TPSA) is 69.7 Å². The molecule has 5 nitrogen and oxygen atoms in total. The molecule has 0 saturated heterocycles. The molecule has 2 aliphatic rings. The summed E-state index contributed by atoms with van der Waals surface area (Å²) in [6.45, 7) is 4.75. The number of ketones is 1. The first-order valence-electron chi connectivity index (χ1n) is 7.54. The summed E-state index contributed by atoms with van der Waals surface area (Å²) < 4.78 is 10.7. The van der Waals surface area contributed by atoms with Crippen LogP contribution >= 0.6 is 0 Å². The minimum absolute atomic E-state index is 0.0538. The minimum Gasteiger partial charge on any atom is -0.458 e. The molecule has 0 amide bonds. The van der Waals surface area contributed by atoms with E-state index in [1.54, 1.807) is 0 Å². The molecule has 3 atom stereocenters. The number of Topliss-reactive ketones (excluding diaryl/α,β-unsaturated/α-hetero) is 1. The number of carbonyl (C=O) groups is 3. The van der Waals surface area contributed by atoms with Gasteiger partial charge in [-0.15, -0.1) is 0 Å². The number of hydrogen-bond acceptors (Lipinski definition) is 5. The maximum absolute atomic E-state index is 12.1. The standard InChI is InChI=1S/C16H22O5/c1-4-5-6-12-13(19)7-11-8-14(20-9(2)17)16(15(11)12)21-10(3)18/h11,14,16H,4-8H2,1-3H3/t11-,14+,16-/m1/s1. The Labute approximate surface area is 124 Å². The molecule has 5 heteroatoms. The van der Waals surface area contributed by atoms with Crippen molar-refractivity contribution < 1.29 is 23.9 Å². The van der Waals surface area contributed by atoms with Crippen LogP contribution in [0.15, 0.2) is 11.1 Å². The van der Waals surface area contributed by atoms with Gasteiger partial charge in [-0.2, -0.15) is 0 Å². The van der Waals surface area contributed by atoms with Gasteiger partial charge in [0, 0.05) is 20.3 Å². The van der Waals surface area contributed by atoms with Crippen molar-refractivity contribution in [2.24, 2.45) is 5.92 Å². The predicted molar refractivity (Wildman–Crippen MR) is 75.4 cm³/mol. The first-order valence-corrected chi connectivity index (χ1v) is 7.54. The monoisotopic (exact) mass is 294 g/mol. The Balaban J connectivity index is 2.30. The van der Waals surface area contributed by atoms with E-state index in [9.17, 15) is 14.4 Å². The predicted octanol–water partition coefficient (Wildman–Crippen LogP) is 2.33. The van der Waals surface area contributed by atoms with E-state index < -0.39 is 18.2 Å². The number of fused-ring (bicyclic) bond motifs is 1. The maximum Gasteiger partial charge on any atom is 0.303 e. The van der Waals surface area contributed by atoms with Gasteiger partial charge in [0.05, 0.1) is 0 Å². The van der Waals surface area contributed by atoms with Gasteiger partial charge in [0.15, 0.2) is 11.9 Å². The van der Waals surface area contributed by atoms with Crippen molar-refractivity contribution in [2.75, 3.05) is 0 Å². The first kappa shape index (κ1) is 15.7. The highest BCUT2D eigenvalue weighted by Crippen LogP contribution is 2.46. The van der Waals surface area contributed by atoms with Gasteiger partial charge in [-0.25, -0.2) is 0 Å². The molecule has 116 valence electrons. The van der Waals surface area contributed by atoms with E-state index in [0.29, 0.717) is 19.3 Å². The smallest absolute Gasteiger partial charge is 0.303 e. The quantitative estimate of drug-likeness (QED) is 0.728. The number of ether oxygens (including phenoxy) is 2. The molecule has 0 heterocycles. The molecule has 0 N–H and O–H groups in total. The van der Waals surface area contributed by atoms with Crippen LogP contribution < -0.4 is 0 Å². The zero-order valence-electron chi connectivity index (χ0n) is 12.8. The van der Waals surface area contributed by atoms with Crippen molar-refractivity contribution in [3.05, 3.63) is 11.1 Å². The Morgan fingerprint density at radius 2 is 1.86 bits per heavy atom. The van der Waals surface area contributed by atoms with Crippen LogP contribution in [0.1, 0.15) is 52.9 Å². The van der Waals surface area contributed by atoms with Crippen LogP contribution in [0.2, 0.25) is 0 Å². The molecule has 0 aromatic rings. The third-order valence-electron chi connectivity index (χ3n) is 4.11. The van der Waals surface area contributed by atoms with Crippen LogP contribution in [0.5, 0.6) is 0 Å². The fourth-order valence-corrected chi connectivity index (χ4v) is 3.36. The van der Waals surface area contributed by atoms with Gasteiger partial charge >= 0.3 is 11.9 Å². The molecular formula is C16H22O5. The summed E-state index contributed by atoms with van der Waals surface area (Å²) >= 11 is 0. The average molecular weight is 294 g/mol. The van der Waals surface area contributed by atoms with E-state index in [4.69, 9.17) is 9.47 Å². The zero-order chi connectivity index (χ0) is 15.6. The van der Waals surface area contributed by atoms with E-state index in [-0.39, 0.29) is 17.7 Å². The summed E-state index contributed by atoms with van der Waals surface area (Å²) in [6, 6.07) is 0. The molecule has 21 heavy (non-hydrogen) atoms. The van der Waals surface area contributed by atoms with Gasteiger partial charge in [0.1, 0.15) is 6.10 Å². The molecule has 0 radical (unpaired) electrons. The van der Waals surface area contributed by atoms with Crippen molar-refractivity contribution in [1.29, 1.82) is 0 Å². The lowest BCUT2D eigenvalue weighted by Crippen LogP contribution is -2.31. The maximum atomic E-state index is 12.1. The second-order valence-electron chi connectivity index (χ2n) is 5.78. The number of hydrogen-bond donors (Lipinski definition) is 0. The molecule has 0 spiro atoms. The van der Waals surface area contributed by atoms with Crippen LogP contribution in [0.25, 0.3) is 0 Å². The van der Waals surface area contributed by atoms with Crippen LogP contribution in [-0.4, -0.2) is 29.9 Å². The molecule has 0 aromatic heterocycles. The molecule has 2 rings (SSSR count). The Bertz CT molecular complexity index is 491. The largest absolute Gasteiger partial charge is 0.458 e. The molecular weight excluding hydrogens is 272 g/mol. The van der Waals surface area contributed by atoms with Crippen LogP contribution in [-0.2, 0) is 23.9 Å². The molecule has 0 aromatic carbocycles. The fourth-order valence-electron chi connectivity index (χ4n) is 3.36. The van der Waals surface area contributed by atoms with Gasteiger partial charge in [-0.05, 0) is 36.3 Å².